The van der Waals surface area contributed by atoms with Crippen molar-refractivity contribution in [3.8, 4) is 0 Å². The number of nitrogens with zero attached hydrogens (tertiary/aromatic N) is 4. The first-order valence-electron chi connectivity index (χ1n) is 6.30. The predicted molar refractivity (Wildman–Crippen MR) is 72.7 cm³/mol. The summed E-state index contributed by atoms with van der Waals surface area (Å²) in [7, 11) is 0. The molecule has 0 saturated carbocycles. The Morgan fingerprint density at radius 2 is 2.28 bits per heavy atom. The van der Waals surface area contributed by atoms with E-state index in [2.05, 4.69) is 39.8 Å². The van der Waals surface area contributed by atoms with Crippen LogP contribution in [0.5, 0.6) is 0 Å². The number of aromatic nitrogens is 4. The normalized spacial score (nSPS) is 12.8. The fraction of sp³-hybridized carbons (Fsp3) is 0.583. The second-order valence-electron chi connectivity index (χ2n) is 4.16. The maximum atomic E-state index is 4.57. The molecule has 2 aromatic rings. The number of hydrogen-bond acceptors (Lipinski definition) is 5. The quantitative estimate of drug-likeness (QED) is 0.869. The third-order valence-electron chi connectivity index (χ3n) is 2.72. The maximum Gasteiger partial charge on any atom is 0.0947 e. The van der Waals surface area contributed by atoms with Crippen LogP contribution in [0.2, 0.25) is 0 Å². The molecule has 1 atom stereocenters. The standard InChI is InChI=1S/C12H19N5S/c1-4-6-17-11(7-14-16-17)12(13-5-2)10-8-18-9(3)15-10/h7-8,12-13H,4-6H2,1-3H3. The highest BCUT2D eigenvalue weighted by Crippen LogP contribution is 2.22. The van der Waals surface area contributed by atoms with Crippen molar-refractivity contribution in [2.75, 3.05) is 6.54 Å². The second kappa shape index (κ2) is 6.06. The Balaban J connectivity index is 2.31. The van der Waals surface area contributed by atoms with Crippen molar-refractivity contribution in [1.29, 1.82) is 0 Å². The van der Waals surface area contributed by atoms with E-state index in [9.17, 15) is 0 Å². The molecule has 0 aliphatic carbocycles. The lowest BCUT2D eigenvalue weighted by atomic mass is 10.1. The molecular formula is C12H19N5S. The zero-order chi connectivity index (χ0) is 13.0. The summed E-state index contributed by atoms with van der Waals surface area (Å²) >= 11 is 1.67. The molecular weight excluding hydrogens is 246 g/mol. The van der Waals surface area contributed by atoms with Crippen LogP contribution in [0.15, 0.2) is 11.6 Å². The van der Waals surface area contributed by atoms with Gasteiger partial charge in [0.2, 0.25) is 0 Å². The average molecular weight is 265 g/mol. The van der Waals surface area contributed by atoms with Gasteiger partial charge in [0.1, 0.15) is 0 Å². The highest BCUT2D eigenvalue weighted by Gasteiger charge is 2.20. The molecule has 0 aliphatic rings. The Labute approximate surface area is 111 Å². The van der Waals surface area contributed by atoms with Gasteiger partial charge in [0.15, 0.2) is 0 Å². The molecule has 0 fully saturated rings. The van der Waals surface area contributed by atoms with Gasteiger partial charge >= 0.3 is 0 Å². The van der Waals surface area contributed by atoms with Crippen molar-refractivity contribution in [1.82, 2.24) is 25.3 Å². The van der Waals surface area contributed by atoms with Crippen molar-refractivity contribution in [3.05, 3.63) is 28.0 Å². The molecule has 6 heteroatoms. The van der Waals surface area contributed by atoms with Crippen molar-refractivity contribution in [2.24, 2.45) is 0 Å². The van der Waals surface area contributed by atoms with Gasteiger partial charge in [-0.15, -0.1) is 16.4 Å². The van der Waals surface area contributed by atoms with Crippen LogP contribution in [0.3, 0.4) is 0 Å². The molecule has 5 nitrogen and oxygen atoms in total. The van der Waals surface area contributed by atoms with Crippen molar-refractivity contribution >= 4 is 11.3 Å². The fourth-order valence-electron chi connectivity index (χ4n) is 1.95. The summed E-state index contributed by atoms with van der Waals surface area (Å²) in [6.07, 6.45) is 2.88. The first-order chi connectivity index (χ1) is 8.76. The Morgan fingerprint density at radius 1 is 1.44 bits per heavy atom. The molecule has 0 aliphatic heterocycles. The van der Waals surface area contributed by atoms with E-state index in [4.69, 9.17) is 0 Å². The predicted octanol–water partition coefficient (Wildman–Crippen LogP) is 2.15. The summed E-state index contributed by atoms with van der Waals surface area (Å²) < 4.78 is 1.96. The molecule has 0 spiro atoms. The summed E-state index contributed by atoms with van der Waals surface area (Å²) in [5.41, 5.74) is 2.14. The minimum Gasteiger partial charge on any atom is -0.304 e. The molecule has 0 saturated heterocycles. The van der Waals surface area contributed by atoms with Crippen LogP contribution in [0.4, 0.5) is 0 Å². The van der Waals surface area contributed by atoms with Gasteiger partial charge in [-0.2, -0.15) is 0 Å². The van der Waals surface area contributed by atoms with Crippen LogP contribution in [0.1, 0.15) is 42.7 Å². The topological polar surface area (TPSA) is 55.6 Å². The van der Waals surface area contributed by atoms with Crippen molar-refractivity contribution < 1.29 is 0 Å². The zero-order valence-corrected chi connectivity index (χ0v) is 11.9. The van der Waals surface area contributed by atoms with Gasteiger partial charge in [0.25, 0.3) is 0 Å². The maximum absolute atomic E-state index is 4.57. The number of thiazole rings is 1. The van der Waals surface area contributed by atoms with Crippen LogP contribution >= 0.6 is 11.3 Å². The van der Waals surface area contributed by atoms with Crippen LogP contribution in [-0.4, -0.2) is 26.5 Å². The highest BCUT2D eigenvalue weighted by atomic mass is 32.1. The molecule has 1 N–H and O–H groups in total. The molecule has 0 bridgehead atoms. The summed E-state index contributed by atoms with van der Waals surface area (Å²) in [5, 5.41) is 14.8. The van der Waals surface area contributed by atoms with Gasteiger partial charge in [-0.05, 0) is 19.9 Å². The van der Waals surface area contributed by atoms with Gasteiger partial charge in [-0.25, -0.2) is 9.67 Å². The molecule has 18 heavy (non-hydrogen) atoms. The number of hydrogen-bond donors (Lipinski definition) is 1. The summed E-state index contributed by atoms with van der Waals surface area (Å²) in [5.74, 6) is 0. The van der Waals surface area contributed by atoms with Gasteiger partial charge in [0.05, 0.1) is 28.6 Å². The molecule has 2 rings (SSSR count). The molecule has 1 unspecified atom stereocenters. The van der Waals surface area contributed by atoms with E-state index in [0.717, 1.165) is 35.9 Å². The zero-order valence-electron chi connectivity index (χ0n) is 11.1. The first-order valence-corrected chi connectivity index (χ1v) is 7.18. The highest BCUT2D eigenvalue weighted by molar-refractivity contribution is 7.09. The van der Waals surface area contributed by atoms with E-state index < -0.39 is 0 Å². The van der Waals surface area contributed by atoms with E-state index >= 15 is 0 Å². The number of nitrogens with one attached hydrogen (secondary N) is 1. The third-order valence-corrected chi connectivity index (χ3v) is 3.51. The van der Waals surface area contributed by atoms with E-state index in [1.807, 2.05) is 17.8 Å². The smallest absolute Gasteiger partial charge is 0.0947 e. The Bertz CT molecular complexity index is 490. The lowest BCUT2D eigenvalue weighted by Crippen LogP contribution is -2.25. The summed E-state index contributed by atoms with van der Waals surface area (Å²) in [6, 6.07) is 0.0847. The van der Waals surface area contributed by atoms with Crippen LogP contribution in [0, 0.1) is 6.92 Å². The minimum absolute atomic E-state index is 0.0847. The molecule has 2 heterocycles. The fourth-order valence-corrected chi connectivity index (χ4v) is 2.59. The van der Waals surface area contributed by atoms with Crippen LogP contribution in [0.25, 0.3) is 0 Å². The largest absolute Gasteiger partial charge is 0.304 e. The SMILES string of the molecule is CCCn1nncc1C(NCC)c1csc(C)n1. The lowest BCUT2D eigenvalue weighted by Gasteiger charge is -2.16. The van der Waals surface area contributed by atoms with E-state index in [-0.39, 0.29) is 6.04 Å². The van der Waals surface area contributed by atoms with E-state index in [1.165, 1.54) is 0 Å². The van der Waals surface area contributed by atoms with Gasteiger partial charge in [0, 0.05) is 11.9 Å². The minimum atomic E-state index is 0.0847. The molecule has 0 aromatic carbocycles. The van der Waals surface area contributed by atoms with Crippen molar-refractivity contribution in [2.45, 2.75) is 39.8 Å². The summed E-state index contributed by atoms with van der Waals surface area (Å²) in [4.78, 5) is 4.57. The number of aryl methyl sites for hydroxylation is 2. The van der Waals surface area contributed by atoms with E-state index in [0.29, 0.717) is 0 Å². The molecule has 0 radical (unpaired) electrons. The van der Waals surface area contributed by atoms with Crippen molar-refractivity contribution in [3.63, 3.8) is 0 Å². The van der Waals surface area contributed by atoms with Gasteiger partial charge in [-0.1, -0.05) is 19.1 Å². The molecule has 98 valence electrons. The molecule has 2 aromatic heterocycles. The van der Waals surface area contributed by atoms with Gasteiger partial charge < -0.3 is 5.32 Å². The third kappa shape index (κ3) is 2.76. The monoisotopic (exact) mass is 265 g/mol. The van der Waals surface area contributed by atoms with Gasteiger partial charge in [-0.3, -0.25) is 0 Å². The Morgan fingerprint density at radius 3 is 2.89 bits per heavy atom. The first kappa shape index (κ1) is 13.2. The summed E-state index contributed by atoms with van der Waals surface area (Å²) in [6.45, 7) is 8.04. The Kier molecular flexibility index (Phi) is 4.43. The number of rotatable bonds is 6. The van der Waals surface area contributed by atoms with Crippen LogP contribution < -0.4 is 5.32 Å². The Hall–Kier alpha value is -1.27. The van der Waals surface area contributed by atoms with E-state index in [1.54, 1.807) is 11.3 Å². The second-order valence-corrected chi connectivity index (χ2v) is 5.23. The average Bonchev–Trinajstić information content (AvgIpc) is 2.96. The lowest BCUT2D eigenvalue weighted by molar-refractivity contribution is 0.507. The molecule has 0 amide bonds. The van der Waals surface area contributed by atoms with Crippen LogP contribution in [-0.2, 0) is 6.54 Å².